The summed E-state index contributed by atoms with van der Waals surface area (Å²) in [5.41, 5.74) is 2.64. The molecule has 2 aromatic carbocycles. The highest BCUT2D eigenvalue weighted by Gasteiger charge is 2.32. The predicted molar refractivity (Wildman–Crippen MR) is 139 cm³/mol. The van der Waals surface area contributed by atoms with Gasteiger partial charge in [-0.2, -0.15) is 0 Å². The second-order valence-electron chi connectivity index (χ2n) is 8.95. The first-order chi connectivity index (χ1) is 17.0. The van der Waals surface area contributed by atoms with Crippen molar-refractivity contribution in [1.82, 2.24) is 25.2 Å². The number of amides is 2. The molecule has 1 atom stereocenters. The van der Waals surface area contributed by atoms with E-state index in [1.165, 1.54) is 11.3 Å². The molecule has 1 unspecified atom stereocenters. The lowest BCUT2D eigenvalue weighted by Gasteiger charge is -2.31. The highest BCUT2D eigenvalue weighted by Crippen LogP contribution is 2.27. The molecule has 0 saturated heterocycles. The maximum absolute atomic E-state index is 13.8. The highest BCUT2D eigenvalue weighted by atomic mass is 32.1. The van der Waals surface area contributed by atoms with Crippen molar-refractivity contribution in [2.45, 2.75) is 39.3 Å². The zero-order valence-electron chi connectivity index (χ0n) is 20.1. The van der Waals surface area contributed by atoms with Gasteiger partial charge < -0.3 is 10.2 Å². The molecule has 35 heavy (non-hydrogen) atoms. The lowest BCUT2D eigenvalue weighted by Crippen LogP contribution is -2.45. The van der Waals surface area contributed by atoms with Crippen LogP contribution < -0.4 is 5.32 Å². The van der Waals surface area contributed by atoms with Crippen molar-refractivity contribution in [2.75, 3.05) is 13.1 Å². The number of rotatable bonds is 11. The Bertz CT molecular complexity index is 1240. The zero-order chi connectivity index (χ0) is 24.6. The lowest BCUT2D eigenvalue weighted by molar-refractivity contribution is -0.141. The van der Waals surface area contributed by atoms with Crippen molar-refractivity contribution in [3.05, 3.63) is 82.6 Å². The van der Waals surface area contributed by atoms with Crippen molar-refractivity contribution in [3.8, 4) is 0 Å². The molecular formula is C27H31N5O2S. The van der Waals surface area contributed by atoms with Crippen LogP contribution in [-0.4, -0.2) is 44.8 Å². The van der Waals surface area contributed by atoms with Gasteiger partial charge in [-0.05, 0) is 47.9 Å². The number of aromatic nitrogens is 3. The number of nitrogens with one attached hydrogen (secondary N) is 1. The standard InChI is InChI=1S/C27H31N5O2S/c1-20(2)14-16-28-27(34)26(24-13-8-18-35-24)31(17-15-21-9-4-3-5-10-21)25(33)19-32-23-12-7-6-11-22(23)29-30-32/h3-13,18,20,26H,14-17,19H2,1-2H3,(H,28,34). The van der Waals surface area contributed by atoms with E-state index in [-0.39, 0.29) is 18.4 Å². The van der Waals surface area contributed by atoms with E-state index in [0.29, 0.717) is 25.4 Å². The van der Waals surface area contributed by atoms with Crippen LogP contribution in [0.25, 0.3) is 11.0 Å². The van der Waals surface area contributed by atoms with Crippen LogP contribution in [0.1, 0.15) is 36.8 Å². The van der Waals surface area contributed by atoms with Gasteiger partial charge in [0.05, 0.1) is 5.52 Å². The summed E-state index contributed by atoms with van der Waals surface area (Å²) in [6.07, 6.45) is 1.53. The summed E-state index contributed by atoms with van der Waals surface area (Å²) in [4.78, 5) is 29.8. The number of hydrogen-bond acceptors (Lipinski definition) is 5. The molecule has 0 aliphatic carbocycles. The monoisotopic (exact) mass is 489 g/mol. The molecule has 0 radical (unpaired) electrons. The van der Waals surface area contributed by atoms with E-state index < -0.39 is 6.04 Å². The van der Waals surface area contributed by atoms with Crippen LogP contribution in [0.5, 0.6) is 0 Å². The average molecular weight is 490 g/mol. The Hall–Kier alpha value is -3.52. The van der Waals surface area contributed by atoms with Gasteiger partial charge >= 0.3 is 0 Å². The Morgan fingerprint density at radius 2 is 1.80 bits per heavy atom. The Morgan fingerprint density at radius 3 is 2.54 bits per heavy atom. The van der Waals surface area contributed by atoms with Gasteiger partial charge in [0.25, 0.3) is 0 Å². The molecule has 0 fully saturated rings. The fourth-order valence-electron chi connectivity index (χ4n) is 4.00. The van der Waals surface area contributed by atoms with E-state index >= 15 is 0 Å². The summed E-state index contributed by atoms with van der Waals surface area (Å²) in [6.45, 7) is 5.25. The third-order valence-electron chi connectivity index (χ3n) is 5.90. The quantitative estimate of drug-likeness (QED) is 0.337. The summed E-state index contributed by atoms with van der Waals surface area (Å²) in [6, 6.07) is 20.7. The zero-order valence-corrected chi connectivity index (χ0v) is 20.9. The summed E-state index contributed by atoms with van der Waals surface area (Å²) in [5.74, 6) is 0.152. The topological polar surface area (TPSA) is 80.1 Å². The number of nitrogens with zero attached hydrogens (tertiary/aromatic N) is 4. The van der Waals surface area contributed by atoms with E-state index in [9.17, 15) is 9.59 Å². The number of thiophene rings is 1. The second kappa shape index (κ2) is 11.8. The van der Waals surface area contributed by atoms with E-state index in [4.69, 9.17) is 0 Å². The van der Waals surface area contributed by atoms with E-state index in [1.807, 2.05) is 72.1 Å². The maximum atomic E-state index is 13.8. The largest absolute Gasteiger partial charge is 0.354 e. The molecule has 4 aromatic rings. The van der Waals surface area contributed by atoms with Gasteiger partial charge in [-0.1, -0.05) is 67.6 Å². The third kappa shape index (κ3) is 6.33. The van der Waals surface area contributed by atoms with Crippen LogP contribution in [0, 0.1) is 5.92 Å². The summed E-state index contributed by atoms with van der Waals surface area (Å²) in [7, 11) is 0. The first-order valence-electron chi connectivity index (χ1n) is 12.0. The number of carbonyl (C=O) groups excluding carboxylic acids is 2. The first-order valence-corrected chi connectivity index (χ1v) is 12.8. The van der Waals surface area contributed by atoms with Crippen LogP contribution >= 0.6 is 11.3 Å². The maximum Gasteiger partial charge on any atom is 0.248 e. The summed E-state index contributed by atoms with van der Waals surface area (Å²) in [5, 5.41) is 13.4. The lowest BCUT2D eigenvalue weighted by atomic mass is 10.1. The second-order valence-corrected chi connectivity index (χ2v) is 9.93. The molecular weight excluding hydrogens is 458 g/mol. The van der Waals surface area contributed by atoms with Crippen molar-refractivity contribution < 1.29 is 9.59 Å². The molecule has 2 amide bonds. The molecule has 0 aliphatic heterocycles. The van der Waals surface area contributed by atoms with Crippen molar-refractivity contribution in [3.63, 3.8) is 0 Å². The fraction of sp³-hybridized carbons (Fsp3) is 0.333. The van der Waals surface area contributed by atoms with E-state index in [1.54, 1.807) is 9.58 Å². The molecule has 1 N–H and O–H groups in total. The number of carbonyl (C=O) groups is 2. The Labute approximate surface area is 209 Å². The minimum atomic E-state index is -0.701. The summed E-state index contributed by atoms with van der Waals surface area (Å²) < 4.78 is 1.61. The van der Waals surface area contributed by atoms with Crippen molar-refractivity contribution >= 4 is 34.2 Å². The van der Waals surface area contributed by atoms with Gasteiger partial charge in [0, 0.05) is 18.0 Å². The highest BCUT2D eigenvalue weighted by molar-refractivity contribution is 7.10. The van der Waals surface area contributed by atoms with Crippen LogP contribution in [0.4, 0.5) is 0 Å². The molecule has 4 rings (SSSR count). The molecule has 2 aromatic heterocycles. The van der Waals surface area contributed by atoms with Crippen LogP contribution in [0.2, 0.25) is 0 Å². The average Bonchev–Trinajstić information content (AvgIpc) is 3.52. The Morgan fingerprint density at radius 1 is 1.03 bits per heavy atom. The minimum absolute atomic E-state index is 0.0104. The molecule has 8 heteroatoms. The number of fused-ring (bicyclic) bond motifs is 1. The number of para-hydroxylation sites is 1. The Balaban J connectivity index is 1.62. The first kappa shape index (κ1) is 24.6. The smallest absolute Gasteiger partial charge is 0.248 e. The molecule has 2 heterocycles. The van der Waals surface area contributed by atoms with Crippen LogP contribution in [0.3, 0.4) is 0 Å². The van der Waals surface area contributed by atoms with Gasteiger partial charge in [-0.15, -0.1) is 16.4 Å². The van der Waals surface area contributed by atoms with Gasteiger partial charge in [0.1, 0.15) is 18.1 Å². The van der Waals surface area contributed by atoms with Gasteiger partial charge in [0.2, 0.25) is 11.8 Å². The van der Waals surface area contributed by atoms with E-state index in [2.05, 4.69) is 29.5 Å². The Kier molecular flexibility index (Phi) is 8.26. The molecule has 0 saturated carbocycles. The van der Waals surface area contributed by atoms with Crippen molar-refractivity contribution in [2.24, 2.45) is 5.92 Å². The van der Waals surface area contributed by atoms with E-state index in [0.717, 1.165) is 27.9 Å². The molecule has 182 valence electrons. The summed E-state index contributed by atoms with van der Waals surface area (Å²) >= 11 is 1.49. The van der Waals surface area contributed by atoms with Crippen LogP contribution in [-0.2, 0) is 22.6 Å². The minimum Gasteiger partial charge on any atom is -0.354 e. The van der Waals surface area contributed by atoms with Gasteiger partial charge in [0.15, 0.2) is 0 Å². The number of benzene rings is 2. The molecule has 7 nitrogen and oxygen atoms in total. The predicted octanol–water partition coefficient (Wildman–Crippen LogP) is 4.47. The normalized spacial score (nSPS) is 12.1. The van der Waals surface area contributed by atoms with Crippen LogP contribution in [0.15, 0.2) is 72.1 Å². The third-order valence-corrected chi connectivity index (χ3v) is 6.83. The number of hydrogen-bond donors (Lipinski definition) is 1. The van der Waals surface area contributed by atoms with Gasteiger partial charge in [-0.3, -0.25) is 9.59 Å². The molecule has 0 aliphatic rings. The fourth-order valence-corrected chi connectivity index (χ4v) is 4.83. The van der Waals surface area contributed by atoms with Gasteiger partial charge in [-0.25, -0.2) is 4.68 Å². The molecule has 0 spiro atoms. The molecule has 0 bridgehead atoms. The SMILES string of the molecule is CC(C)CCNC(=O)C(c1cccs1)N(CCc1ccccc1)C(=O)Cn1nnc2ccccc21. The van der Waals surface area contributed by atoms with Crippen molar-refractivity contribution in [1.29, 1.82) is 0 Å².